The molecule has 9 heteroatoms. The lowest BCUT2D eigenvalue weighted by Gasteiger charge is -2.12. The molecule has 0 spiro atoms. The van der Waals surface area contributed by atoms with E-state index in [4.69, 9.17) is 28.6 Å². The smallest absolute Gasteiger partial charge is 0.337 e. The highest BCUT2D eigenvalue weighted by Crippen LogP contribution is 2.23. The second kappa shape index (κ2) is 8.97. The van der Waals surface area contributed by atoms with Gasteiger partial charge in [-0.15, -0.1) is 0 Å². The minimum Gasteiger partial charge on any atom is -0.482 e. The quantitative estimate of drug-likeness (QED) is 0.439. The van der Waals surface area contributed by atoms with Crippen LogP contribution in [0.25, 0.3) is 0 Å². The third-order valence-electron chi connectivity index (χ3n) is 2.91. The highest BCUT2D eigenvalue weighted by atomic mass is 127. The second-order valence-corrected chi connectivity index (χ2v) is 6.78. The first-order chi connectivity index (χ1) is 11.9. The lowest BCUT2D eigenvalue weighted by atomic mass is 10.2. The number of ether oxygens (including phenoxy) is 1. The van der Waals surface area contributed by atoms with E-state index in [2.05, 4.69) is 10.6 Å². The number of carboxylic acid groups (broad SMARTS) is 1. The van der Waals surface area contributed by atoms with Gasteiger partial charge in [0.05, 0.1) is 16.3 Å². The van der Waals surface area contributed by atoms with Crippen molar-refractivity contribution >= 4 is 69.1 Å². The third-order valence-corrected chi connectivity index (χ3v) is 4.10. The van der Waals surface area contributed by atoms with Gasteiger partial charge in [0.25, 0.3) is 5.91 Å². The van der Waals surface area contributed by atoms with Gasteiger partial charge in [0.2, 0.25) is 0 Å². The lowest BCUT2D eigenvalue weighted by Crippen LogP contribution is -2.37. The number of carboxylic acids is 1. The highest BCUT2D eigenvalue weighted by Gasteiger charge is 2.13. The molecule has 0 aliphatic heterocycles. The maximum Gasteiger partial charge on any atom is 0.337 e. The van der Waals surface area contributed by atoms with Crippen LogP contribution in [0.3, 0.4) is 0 Å². The van der Waals surface area contributed by atoms with Crippen molar-refractivity contribution in [1.82, 2.24) is 5.32 Å². The number of halogens is 2. The summed E-state index contributed by atoms with van der Waals surface area (Å²) in [5.41, 5.74) is 0.334. The fraction of sp³-hybridized carbons (Fsp3) is 0.0625. The van der Waals surface area contributed by atoms with Gasteiger partial charge in [-0.3, -0.25) is 10.1 Å². The van der Waals surface area contributed by atoms with Crippen LogP contribution in [0.1, 0.15) is 10.4 Å². The standard InChI is InChI=1S/C16H12ClIN2O4S/c17-11-3-1-2-4-13(11)24-8-14(21)20-16(25)19-12-6-5-9(18)7-10(12)15(22)23/h1-7H,8H2,(H,22,23)(H2,19,20,21,25). The van der Waals surface area contributed by atoms with Crippen LogP contribution in [-0.4, -0.2) is 28.7 Å². The summed E-state index contributed by atoms with van der Waals surface area (Å²) in [5.74, 6) is -1.22. The molecule has 2 aromatic rings. The van der Waals surface area contributed by atoms with Crippen molar-refractivity contribution in [1.29, 1.82) is 0 Å². The Balaban J connectivity index is 1.93. The molecular weight excluding hydrogens is 479 g/mol. The topological polar surface area (TPSA) is 87.7 Å². The maximum atomic E-state index is 11.9. The van der Waals surface area contributed by atoms with Crippen LogP contribution in [0.15, 0.2) is 42.5 Å². The maximum absolute atomic E-state index is 11.9. The van der Waals surface area contributed by atoms with Crippen molar-refractivity contribution in [2.45, 2.75) is 0 Å². The molecule has 2 rings (SSSR count). The first kappa shape index (κ1) is 19.4. The number of para-hydroxylation sites is 1. The lowest BCUT2D eigenvalue weighted by molar-refractivity contribution is -0.121. The molecular formula is C16H12ClIN2O4S. The number of amides is 1. The zero-order valence-electron chi connectivity index (χ0n) is 12.6. The van der Waals surface area contributed by atoms with Gasteiger partial charge < -0.3 is 15.2 Å². The first-order valence-electron chi connectivity index (χ1n) is 6.88. The number of carbonyl (C=O) groups is 2. The molecule has 0 atom stereocenters. The largest absolute Gasteiger partial charge is 0.482 e. The summed E-state index contributed by atoms with van der Waals surface area (Å²) in [5, 5.41) is 14.7. The fourth-order valence-electron chi connectivity index (χ4n) is 1.82. The van der Waals surface area contributed by atoms with Crippen molar-refractivity contribution < 1.29 is 19.4 Å². The van der Waals surface area contributed by atoms with E-state index in [0.29, 0.717) is 10.8 Å². The van der Waals surface area contributed by atoms with Crippen molar-refractivity contribution in [2.24, 2.45) is 0 Å². The molecule has 0 heterocycles. The van der Waals surface area contributed by atoms with Gasteiger partial charge in [0.15, 0.2) is 11.7 Å². The summed E-state index contributed by atoms with van der Waals surface area (Å²) < 4.78 is 6.07. The van der Waals surface area contributed by atoms with Gasteiger partial charge in [-0.1, -0.05) is 23.7 Å². The number of rotatable bonds is 5. The SMILES string of the molecule is O=C(COc1ccccc1Cl)NC(=S)Nc1ccc(I)cc1C(=O)O. The molecule has 0 aromatic heterocycles. The number of hydrogen-bond donors (Lipinski definition) is 3. The number of anilines is 1. The molecule has 25 heavy (non-hydrogen) atoms. The number of hydrogen-bond acceptors (Lipinski definition) is 4. The minimum atomic E-state index is -1.10. The zero-order valence-corrected chi connectivity index (χ0v) is 16.3. The molecule has 0 fully saturated rings. The van der Waals surface area contributed by atoms with E-state index in [0.717, 1.165) is 3.57 Å². The van der Waals surface area contributed by atoms with E-state index in [1.807, 2.05) is 22.6 Å². The Hall–Kier alpha value is -1.91. The average molecular weight is 491 g/mol. The van der Waals surface area contributed by atoms with Gasteiger partial charge >= 0.3 is 5.97 Å². The summed E-state index contributed by atoms with van der Waals surface area (Å²) >= 11 is 13.0. The summed E-state index contributed by atoms with van der Waals surface area (Å²) in [6.45, 7) is -0.288. The van der Waals surface area contributed by atoms with Crippen molar-refractivity contribution in [3.05, 3.63) is 56.6 Å². The zero-order chi connectivity index (χ0) is 18.4. The van der Waals surface area contributed by atoms with Crippen LogP contribution in [0.4, 0.5) is 5.69 Å². The Morgan fingerprint density at radius 1 is 1.24 bits per heavy atom. The van der Waals surface area contributed by atoms with E-state index >= 15 is 0 Å². The predicted octanol–water partition coefficient (Wildman–Crippen LogP) is 3.53. The van der Waals surface area contributed by atoms with Crippen LogP contribution in [-0.2, 0) is 4.79 Å². The summed E-state index contributed by atoms with van der Waals surface area (Å²) in [7, 11) is 0. The first-order valence-corrected chi connectivity index (χ1v) is 8.74. The van der Waals surface area contributed by atoms with Gasteiger partial charge in [0, 0.05) is 3.57 Å². The highest BCUT2D eigenvalue weighted by molar-refractivity contribution is 14.1. The summed E-state index contributed by atoms with van der Waals surface area (Å²) in [4.78, 5) is 23.1. The second-order valence-electron chi connectivity index (χ2n) is 4.72. The molecule has 3 N–H and O–H groups in total. The molecule has 6 nitrogen and oxygen atoms in total. The average Bonchev–Trinajstić information content (AvgIpc) is 2.55. The molecule has 1 amide bonds. The van der Waals surface area contributed by atoms with E-state index in [1.165, 1.54) is 6.07 Å². The van der Waals surface area contributed by atoms with E-state index in [9.17, 15) is 14.7 Å². The third kappa shape index (κ3) is 5.83. The Morgan fingerprint density at radius 2 is 1.96 bits per heavy atom. The Kier molecular flexibility index (Phi) is 6.97. The van der Waals surface area contributed by atoms with Crippen LogP contribution >= 0.6 is 46.4 Å². The molecule has 0 aliphatic carbocycles. The Bertz CT molecular complexity index is 832. The molecule has 0 aliphatic rings. The number of thiocarbonyl (C=S) groups is 1. The van der Waals surface area contributed by atoms with Crippen LogP contribution in [0.2, 0.25) is 5.02 Å². The van der Waals surface area contributed by atoms with E-state index < -0.39 is 11.9 Å². The number of benzene rings is 2. The van der Waals surface area contributed by atoms with Gasteiger partial charge in [-0.2, -0.15) is 0 Å². The minimum absolute atomic E-state index is 0.0310. The summed E-state index contributed by atoms with van der Waals surface area (Å²) in [6, 6.07) is 11.5. The van der Waals surface area contributed by atoms with Crippen molar-refractivity contribution in [3.8, 4) is 5.75 Å². The monoisotopic (exact) mass is 490 g/mol. The van der Waals surface area contributed by atoms with Crippen molar-refractivity contribution in [3.63, 3.8) is 0 Å². The van der Waals surface area contributed by atoms with Crippen LogP contribution < -0.4 is 15.4 Å². The Labute approximate surface area is 167 Å². The summed E-state index contributed by atoms with van der Waals surface area (Å²) in [6.07, 6.45) is 0. The molecule has 0 radical (unpaired) electrons. The number of nitrogens with one attached hydrogen (secondary N) is 2. The van der Waals surface area contributed by atoms with E-state index in [1.54, 1.807) is 36.4 Å². The molecule has 0 unspecified atom stereocenters. The van der Waals surface area contributed by atoms with Crippen LogP contribution in [0.5, 0.6) is 5.75 Å². The normalized spacial score (nSPS) is 10.0. The number of aromatic carboxylic acids is 1. The molecule has 0 saturated heterocycles. The predicted molar refractivity (Wildman–Crippen MR) is 107 cm³/mol. The molecule has 0 saturated carbocycles. The molecule has 2 aromatic carbocycles. The van der Waals surface area contributed by atoms with Crippen LogP contribution in [0, 0.1) is 3.57 Å². The van der Waals surface area contributed by atoms with Gasteiger partial charge in [-0.05, 0) is 65.1 Å². The van der Waals surface area contributed by atoms with Gasteiger partial charge in [0.1, 0.15) is 5.75 Å². The molecule has 130 valence electrons. The van der Waals surface area contributed by atoms with Crippen molar-refractivity contribution in [2.75, 3.05) is 11.9 Å². The van der Waals surface area contributed by atoms with Gasteiger partial charge in [-0.25, -0.2) is 4.79 Å². The van der Waals surface area contributed by atoms with E-state index in [-0.39, 0.29) is 23.0 Å². The fourth-order valence-corrected chi connectivity index (χ4v) is 2.73. The molecule has 0 bridgehead atoms. The Morgan fingerprint density at radius 3 is 2.64 bits per heavy atom. The number of carbonyl (C=O) groups excluding carboxylic acids is 1.